The third-order valence-corrected chi connectivity index (χ3v) is 1.95. The average molecular weight is 167 g/mol. The highest BCUT2D eigenvalue weighted by Gasteiger charge is 2.35. The second-order valence-corrected chi connectivity index (χ2v) is 2.96. The van der Waals surface area contributed by atoms with Gasteiger partial charge in [-0.05, 0) is 25.7 Å². The van der Waals surface area contributed by atoms with Crippen molar-refractivity contribution in [1.29, 1.82) is 0 Å². The van der Waals surface area contributed by atoms with Crippen LogP contribution in [0.3, 0.4) is 0 Å². The molecule has 0 bridgehead atoms. The van der Waals surface area contributed by atoms with Crippen LogP contribution in [0.25, 0.3) is 0 Å². The molecule has 3 heteroatoms. The number of carbonyl (C=O) groups is 1. The summed E-state index contributed by atoms with van der Waals surface area (Å²) in [5.41, 5.74) is 0. The number of carboxylic acids is 1. The Hall–Kier alpha value is -1.01. The summed E-state index contributed by atoms with van der Waals surface area (Å²) in [4.78, 5) is 10.7. The first kappa shape index (κ1) is 9.08. The molecule has 0 amide bonds. The van der Waals surface area contributed by atoms with Crippen LogP contribution < -0.4 is 5.32 Å². The average Bonchev–Trinajstić information content (AvgIpc) is 2.80. The van der Waals surface area contributed by atoms with Crippen molar-refractivity contribution in [2.24, 2.45) is 5.92 Å². The molecule has 0 saturated heterocycles. The maximum Gasteiger partial charge on any atom is 0.321 e. The lowest BCUT2D eigenvalue weighted by atomic mass is 10.2. The quantitative estimate of drug-likeness (QED) is 0.598. The Balaban J connectivity index is 2.31. The Bertz CT molecular complexity index is 222. The van der Waals surface area contributed by atoms with Gasteiger partial charge in [0.05, 0.1) is 6.54 Å². The van der Waals surface area contributed by atoms with E-state index in [4.69, 9.17) is 5.11 Å². The van der Waals surface area contributed by atoms with E-state index in [-0.39, 0.29) is 6.04 Å². The number of hydrogen-bond donors (Lipinski definition) is 2. The smallest absolute Gasteiger partial charge is 0.321 e. The summed E-state index contributed by atoms with van der Waals surface area (Å²) in [6.45, 7) is 2.22. The van der Waals surface area contributed by atoms with Gasteiger partial charge < -0.3 is 5.11 Å². The molecule has 1 saturated carbocycles. The molecular formula is C9H13NO2. The highest BCUT2D eigenvalue weighted by molar-refractivity contribution is 5.74. The number of carboxylic acid groups (broad SMARTS) is 1. The Morgan fingerprint density at radius 2 is 2.42 bits per heavy atom. The Kier molecular flexibility index (Phi) is 3.12. The van der Waals surface area contributed by atoms with Crippen LogP contribution >= 0.6 is 0 Å². The summed E-state index contributed by atoms with van der Waals surface area (Å²) < 4.78 is 0. The second-order valence-electron chi connectivity index (χ2n) is 2.96. The predicted molar refractivity (Wildman–Crippen MR) is 45.6 cm³/mol. The van der Waals surface area contributed by atoms with E-state index in [0.29, 0.717) is 12.5 Å². The molecule has 1 aliphatic rings. The van der Waals surface area contributed by atoms with E-state index in [9.17, 15) is 4.79 Å². The minimum absolute atomic E-state index is 0.334. The standard InChI is InChI=1S/C9H13NO2/c1-2-3-6-10-8(9(11)12)7-4-5-7/h7-8,10H,4-6H2,1H3,(H,11,12). The van der Waals surface area contributed by atoms with Crippen molar-refractivity contribution in [3.63, 3.8) is 0 Å². The SMILES string of the molecule is CC#CCNC(C(=O)O)C1CC1. The first-order valence-electron chi connectivity index (χ1n) is 4.11. The molecule has 0 radical (unpaired) electrons. The lowest BCUT2D eigenvalue weighted by molar-refractivity contribution is -0.139. The fraction of sp³-hybridized carbons (Fsp3) is 0.667. The minimum Gasteiger partial charge on any atom is -0.480 e. The van der Waals surface area contributed by atoms with Crippen molar-refractivity contribution in [2.75, 3.05) is 6.54 Å². The van der Waals surface area contributed by atoms with Crippen LogP contribution in [0, 0.1) is 17.8 Å². The molecule has 1 fully saturated rings. The van der Waals surface area contributed by atoms with Gasteiger partial charge in [0, 0.05) is 0 Å². The molecule has 66 valence electrons. The van der Waals surface area contributed by atoms with Crippen molar-refractivity contribution in [1.82, 2.24) is 5.32 Å². The highest BCUT2D eigenvalue weighted by atomic mass is 16.4. The van der Waals surface area contributed by atoms with Crippen LogP contribution in [0.2, 0.25) is 0 Å². The summed E-state index contributed by atoms with van der Waals surface area (Å²) in [5, 5.41) is 11.7. The molecular weight excluding hydrogens is 154 g/mol. The van der Waals surface area contributed by atoms with Gasteiger partial charge in [-0.25, -0.2) is 0 Å². The summed E-state index contributed by atoms with van der Waals surface area (Å²) in [7, 11) is 0. The maximum absolute atomic E-state index is 10.7. The Labute approximate surface area is 72.2 Å². The molecule has 2 N–H and O–H groups in total. The van der Waals surface area contributed by atoms with Crippen molar-refractivity contribution in [2.45, 2.75) is 25.8 Å². The van der Waals surface area contributed by atoms with Crippen molar-refractivity contribution in [3.05, 3.63) is 0 Å². The van der Waals surface area contributed by atoms with Crippen LogP contribution in [0.4, 0.5) is 0 Å². The van der Waals surface area contributed by atoms with E-state index in [1.54, 1.807) is 6.92 Å². The van der Waals surface area contributed by atoms with Crippen LogP contribution in [-0.4, -0.2) is 23.7 Å². The van der Waals surface area contributed by atoms with E-state index in [2.05, 4.69) is 17.2 Å². The van der Waals surface area contributed by atoms with Crippen molar-refractivity contribution >= 4 is 5.97 Å². The first-order chi connectivity index (χ1) is 5.75. The lowest BCUT2D eigenvalue weighted by Gasteiger charge is -2.10. The first-order valence-corrected chi connectivity index (χ1v) is 4.11. The van der Waals surface area contributed by atoms with Gasteiger partial charge in [-0.3, -0.25) is 10.1 Å². The molecule has 0 spiro atoms. The van der Waals surface area contributed by atoms with Crippen molar-refractivity contribution in [3.8, 4) is 11.8 Å². The molecule has 1 unspecified atom stereocenters. The van der Waals surface area contributed by atoms with Gasteiger partial charge in [0.25, 0.3) is 0 Å². The molecule has 0 aromatic rings. The molecule has 0 aliphatic heterocycles. The van der Waals surface area contributed by atoms with Crippen LogP contribution in [0.1, 0.15) is 19.8 Å². The topological polar surface area (TPSA) is 49.3 Å². The number of nitrogens with one attached hydrogen (secondary N) is 1. The summed E-state index contributed by atoms with van der Waals surface area (Å²) in [5.74, 6) is 5.09. The van der Waals surface area contributed by atoms with E-state index < -0.39 is 5.97 Å². The monoisotopic (exact) mass is 167 g/mol. The van der Waals surface area contributed by atoms with Gasteiger partial charge in [0.15, 0.2) is 0 Å². The third kappa shape index (κ3) is 2.55. The highest BCUT2D eigenvalue weighted by Crippen LogP contribution is 2.32. The zero-order valence-electron chi connectivity index (χ0n) is 7.13. The predicted octanol–water partition coefficient (Wildman–Crippen LogP) is 0.462. The van der Waals surface area contributed by atoms with Gasteiger partial charge in [0.1, 0.15) is 6.04 Å². The molecule has 1 aliphatic carbocycles. The van der Waals surface area contributed by atoms with Gasteiger partial charge in [-0.15, -0.1) is 5.92 Å². The van der Waals surface area contributed by atoms with E-state index in [1.165, 1.54) is 0 Å². The van der Waals surface area contributed by atoms with Gasteiger partial charge in [-0.2, -0.15) is 0 Å². The van der Waals surface area contributed by atoms with E-state index >= 15 is 0 Å². The third-order valence-electron chi connectivity index (χ3n) is 1.95. The van der Waals surface area contributed by atoms with Gasteiger partial charge >= 0.3 is 5.97 Å². The molecule has 0 aromatic heterocycles. The normalized spacial score (nSPS) is 17.8. The number of rotatable bonds is 4. The molecule has 1 rings (SSSR count). The van der Waals surface area contributed by atoms with Crippen molar-refractivity contribution < 1.29 is 9.90 Å². The molecule has 0 heterocycles. The summed E-state index contributed by atoms with van der Waals surface area (Å²) >= 11 is 0. The fourth-order valence-corrected chi connectivity index (χ4v) is 1.13. The van der Waals surface area contributed by atoms with E-state index in [1.807, 2.05) is 0 Å². The molecule has 3 nitrogen and oxygen atoms in total. The summed E-state index contributed by atoms with van der Waals surface area (Å²) in [6.07, 6.45) is 2.06. The fourth-order valence-electron chi connectivity index (χ4n) is 1.13. The number of aliphatic carboxylic acids is 1. The molecule has 12 heavy (non-hydrogen) atoms. The molecule has 1 atom stereocenters. The zero-order chi connectivity index (χ0) is 8.97. The van der Waals surface area contributed by atoms with Gasteiger partial charge in [-0.1, -0.05) is 5.92 Å². The zero-order valence-corrected chi connectivity index (χ0v) is 7.13. The lowest BCUT2D eigenvalue weighted by Crippen LogP contribution is -2.38. The van der Waals surface area contributed by atoms with Crippen LogP contribution in [0.15, 0.2) is 0 Å². The summed E-state index contributed by atoms with van der Waals surface area (Å²) in [6, 6.07) is -0.383. The van der Waals surface area contributed by atoms with Crippen LogP contribution in [0.5, 0.6) is 0 Å². The Morgan fingerprint density at radius 1 is 1.75 bits per heavy atom. The maximum atomic E-state index is 10.7. The molecule has 0 aromatic carbocycles. The minimum atomic E-state index is -0.754. The second kappa shape index (κ2) is 4.13. The van der Waals surface area contributed by atoms with E-state index in [0.717, 1.165) is 12.8 Å². The van der Waals surface area contributed by atoms with Gasteiger partial charge in [0.2, 0.25) is 0 Å². The largest absolute Gasteiger partial charge is 0.480 e. The Morgan fingerprint density at radius 3 is 2.83 bits per heavy atom. The van der Waals surface area contributed by atoms with Crippen LogP contribution in [-0.2, 0) is 4.79 Å². The number of hydrogen-bond acceptors (Lipinski definition) is 2.